The molecule has 108 valence electrons. The van der Waals surface area contributed by atoms with E-state index in [1.54, 1.807) is 0 Å². The Bertz CT molecular complexity index is 375. The lowest BCUT2D eigenvalue weighted by Gasteiger charge is -2.19. The van der Waals surface area contributed by atoms with Gasteiger partial charge in [-0.1, -0.05) is 13.8 Å². The van der Waals surface area contributed by atoms with Gasteiger partial charge in [0.2, 0.25) is 0 Å². The molecule has 1 aliphatic heterocycles. The average molecular weight is 265 g/mol. The third-order valence-electron chi connectivity index (χ3n) is 3.72. The van der Waals surface area contributed by atoms with Crippen LogP contribution in [-0.4, -0.2) is 49.1 Å². The lowest BCUT2D eigenvalue weighted by molar-refractivity contribution is 0.247. The molecule has 19 heavy (non-hydrogen) atoms. The molecule has 2 heterocycles. The molecular weight excluding hydrogens is 238 g/mol. The first kappa shape index (κ1) is 14.6. The fraction of sp³-hybridized carbons (Fsp3) is 0.733. The Morgan fingerprint density at radius 2 is 2.11 bits per heavy atom. The van der Waals surface area contributed by atoms with Gasteiger partial charge in [0.15, 0.2) is 0 Å². The van der Waals surface area contributed by atoms with Crippen molar-refractivity contribution < 1.29 is 4.42 Å². The van der Waals surface area contributed by atoms with Gasteiger partial charge < -0.3 is 14.6 Å². The fourth-order valence-electron chi connectivity index (χ4n) is 2.44. The van der Waals surface area contributed by atoms with Crippen molar-refractivity contribution in [1.82, 2.24) is 15.1 Å². The van der Waals surface area contributed by atoms with Crippen LogP contribution in [0.5, 0.6) is 0 Å². The molecule has 0 spiro atoms. The molecule has 1 aromatic rings. The monoisotopic (exact) mass is 265 g/mol. The molecule has 1 aliphatic rings. The first-order valence-corrected chi connectivity index (χ1v) is 7.34. The van der Waals surface area contributed by atoms with Crippen LogP contribution in [0.4, 0.5) is 0 Å². The van der Waals surface area contributed by atoms with Crippen LogP contribution in [0.2, 0.25) is 0 Å². The van der Waals surface area contributed by atoms with Crippen LogP contribution in [0.25, 0.3) is 0 Å². The molecule has 0 saturated carbocycles. The van der Waals surface area contributed by atoms with Crippen molar-refractivity contribution in [1.29, 1.82) is 0 Å². The second kappa shape index (κ2) is 7.08. The van der Waals surface area contributed by atoms with Gasteiger partial charge in [0, 0.05) is 31.2 Å². The Hall–Kier alpha value is -0.840. The summed E-state index contributed by atoms with van der Waals surface area (Å²) >= 11 is 0. The molecule has 0 atom stereocenters. The van der Waals surface area contributed by atoms with E-state index in [4.69, 9.17) is 4.42 Å². The molecule has 4 heteroatoms. The van der Waals surface area contributed by atoms with Gasteiger partial charge in [-0.15, -0.1) is 0 Å². The van der Waals surface area contributed by atoms with E-state index < -0.39 is 0 Å². The Labute approximate surface area is 116 Å². The highest BCUT2D eigenvalue weighted by Crippen LogP contribution is 2.15. The summed E-state index contributed by atoms with van der Waals surface area (Å²) in [7, 11) is 2.20. The second-order valence-electron chi connectivity index (χ2n) is 5.84. The summed E-state index contributed by atoms with van der Waals surface area (Å²) in [6.45, 7) is 10.8. The predicted molar refractivity (Wildman–Crippen MR) is 78.1 cm³/mol. The summed E-state index contributed by atoms with van der Waals surface area (Å²) in [6, 6.07) is 2.60. The molecule has 0 aliphatic carbocycles. The summed E-state index contributed by atoms with van der Waals surface area (Å²) in [6.07, 6.45) is 3.06. The quantitative estimate of drug-likeness (QED) is 0.881. The molecule has 1 saturated heterocycles. The number of nitrogens with one attached hydrogen (secondary N) is 1. The van der Waals surface area contributed by atoms with E-state index in [1.807, 2.05) is 6.26 Å². The third kappa shape index (κ3) is 4.64. The van der Waals surface area contributed by atoms with Crippen LogP contribution in [0.1, 0.15) is 31.6 Å². The molecule has 1 fully saturated rings. The molecule has 0 radical (unpaired) electrons. The minimum atomic E-state index is 0.509. The number of furan rings is 1. The van der Waals surface area contributed by atoms with Crippen molar-refractivity contribution in [3.05, 3.63) is 23.7 Å². The molecule has 4 nitrogen and oxygen atoms in total. The molecule has 1 N–H and O–H groups in total. The maximum absolute atomic E-state index is 5.67. The van der Waals surface area contributed by atoms with Crippen molar-refractivity contribution in [3.8, 4) is 0 Å². The van der Waals surface area contributed by atoms with E-state index in [9.17, 15) is 0 Å². The van der Waals surface area contributed by atoms with Crippen molar-refractivity contribution in [2.75, 3.05) is 33.2 Å². The largest absolute Gasteiger partial charge is 0.468 e. The van der Waals surface area contributed by atoms with Crippen LogP contribution in [0, 0.1) is 0 Å². The normalized spacial score (nSPS) is 18.9. The van der Waals surface area contributed by atoms with Gasteiger partial charge in [0.1, 0.15) is 5.76 Å². The number of nitrogens with zero attached hydrogens (tertiary/aromatic N) is 2. The lowest BCUT2D eigenvalue weighted by atomic mass is 10.2. The van der Waals surface area contributed by atoms with Gasteiger partial charge in [0.25, 0.3) is 0 Å². The Morgan fingerprint density at radius 3 is 2.89 bits per heavy atom. The van der Waals surface area contributed by atoms with Crippen LogP contribution < -0.4 is 5.32 Å². The standard InChI is InChI=1S/C15H27N3O/c1-13(2)16-11-14-5-10-19-15(14)12-18-7-4-6-17(3)8-9-18/h5,10,13,16H,4,6-9,11-12H2,1-3H3. The van der Waals surface area contributed by atoms with Crippen LogP contribution in [-0.2, 0) is 13.1 Å². The van der Waals surface area contributed by atoms with Crippen molar-refractivity contribution in [2.45, 2.75) is 39.4 Å². The van der Waals surface area contributed by atoms with Crippen molar-refractivity contribution in [2.24, 2.45) is 0 Å². The van der Waals surface area contributed by atoms with E-state index in [-0.39, 0.29) is 0 Å². The van der Waals surface area contributed by atoms with Crippen molar-refractivity contribution >= 4 is 0 Å². The molecule has 0 aromatic carbocycles. The summed E-state index contributed by atoms with van der Waals surface area (Å²) in [5, 5.41) is 3.46. The average Bonchev–Trinajstić information content (AvgIpc) is 2.70. The zero-order valence-corrected chi connectivity index (χ0v) is 12.5. The summed E-state index contributed by atoms with van der Waals surface area (Å²) < 4.78 is 5.67. The minimum absolute atomic E-state index is 0.509. The minimum Gasteiger partial charge on any atom is -0.468 e. The summed E-state index contributed by atoms with van der Waals surface area (Å²) in [5.41, 5.74) is 1.30. The fourth-order valence-corrected chi connectivity index (χ4v) is 2.44. The summed E-state index contributed by atoms with van der Waals surface area (Å²) in [5.74, 6) is 1.12. The third-order valence-corrected chi connectivity index (χ3v) is 3.72. The topological polar surface area (TPSA) is 31.7 Å². The Morgan fingerprint density at radius 1 is 1.26 bits per heavy atom. The van der Waals surface area contributed by atoms with Gasteiger partial charge in [0.05, 0.1) is 12.8 Å². The number of rotatable bonds is 5. The van der Waals surface area contributed by atoms with E-state index in [2.05, 4.69) is 42.1 Å². The smallest absolute Gasteiger partial charge is 0.122 e. The van der Waals surface area contributed by atoms with Gasteiger partial charge >= 0.3 is 0 Å². The van der Waals surface area contributed by atoms with Gasteiger partial charge in [-0.05, 0) is 32.6 Å². The molecule has 0 amide bonds. The van der Waals surface area contributed by atoms with E-state index in [1.165, 1.54) is 25.1 Å². The second-order valence-corrected chi connectivity index (χ2v) is 5.84. The van der Waals surface area contributed by atoms with Crippen LogP contribution >= 0.6 is 0 Å². The van der Waals surface area contributed by atoms with Gasteiger partial charge in [-0.3, -0.25) is 4.90 Å². The van der Waals surface area contributed by atoms with Gasteiger partial charge in [-0.2, -0.15) is 0 Å². The van der Waals surface area contributed by atoms with Gasteiger partial charge in [-0.25, -0.2) is 0 Å². The highest BCUT2D eigenvalue weighted by molar-refractivity contribution is 5.17. The van der Waals surface area contributed by atoms with Crippen LogP contribution in [0.15, 0.2) is 16.7 Å². The van der Waals surface area contributed by atoms with E-state index in [0.717, 1.165) is 31.9 Å². The zero-order chi connectivity index (χ0) is 13.7. The lowest BCUT2D eigenvalue weighted by Crippen LogP contribution is -2.29. The number of hydrogen-bond acceptors (Lipinski definition) is 4. The zero-order valence-electron chi connectivity index (χ0n) is 12.5. The molecule has 0 unspecified atom stereocenters. The maximum Gasteiger partial charge on any atom is 0.122 e. The summed E-state index contributed by atoms with van der Waals surface area (Å²) in [4.78, 5) is 4.91. The first-order valence-electron chi connectivity index (χ1n) is 7.34. The molecule has 0 bridgehead atoms. The Balaban J connectivity index is 1.89. The highest BCUT2D eigenvalue weighted by atomic mass is 16.3. The molecule has 2 rings (SSSR count). The SMILES string of the molecule is CC(C)NCc1ccoc1CN1CCCN(C)CC1. The highest BCUT2D eigenvalue weighted by Gasteiger charge is 2.15. The van der Waals surface area contributed by atoms with E-state index in [0.29, 0.717) is 6.04 Å². The first-order chi connectivity index (χ1) is 9.15. The maximum atomic E-state index is 5.67. The van der Waals surface area contributed by atoms with E-state index >= 15 is 0 Å². The molecule has 1 aromatic heterocycles. The predicted octanol–water partition coefficient (Wildman–Crippen LogP) is 1.92. The molecular formula is C15H27N3O. The van der Waals surface area contributed by atoms with Crippen molar-refractivity contribution in [3.63, 3.8) is 0 Å². The van der Waals surface area contributed by atoms with Crippen LogP contribution in [0.3, 0.4) is 0 Å². The Kier molecular flexibility index (Phi) is 5.43. The number of likely N-dealkylation sites (N-methyl/N-ethyl adjacent to an activating group) is 1. The number of hydrogen-bond donors (Lipinski definition) is 1.